The third-order valence-corrected chi connectivity index (χ3v) is 4.83. The predicted molar refractivity (Wildman–Crippen MR) is 104 cm³/mol. The van der Waals surface area contributed by atoms with Gasteiger partial charge in [-0.3, -0.25) is 4.79 Å². The Morgan fingerprint density at radius 3 is 2.62 bits per heavy atom. The van der Waals surface area contributed by atoms with Crippen LogP contribution in [0.4, 0.5) is 17.6 Å². The van der Waals surface area contributed by atoms with E-state index in [4.69, 9.17) is 25.9 Å². The van der Waals surface area contributed by atoms with Crippen LogP contribution in [-0.2, 0) is 20.5 Å². The molecule has 2 aromatic rings. The highest BCUT2D eigenvalue weighted by molar-refractivity contribution is 6.34. The average Bonchev–Trinajstić information content (AvgIpc) is 3.11. The molecular weight excluding hydrogens is 462 g/mol. The van der Waals surface area contributed by atoms with Gasteiger partial charge in [0.25, 0.3) is 5.56 Å². The van der Waals surface area contributed by atoms with E-state index in [9.17, 15) is 27.2 Å². The molecule has 0 saturated carbocycles. The smallest absolute Gasteiger partial charge is 0.433 e. The van der Waals surface area contributed by atoms with E-state index in [1.807, 2.05) is 0 Å². The first-order valence-corrected chi connectivity index (χ1v) is 9.46. The van der Waals surface area contributed by atoms with Crippen LogP contribution in [0.15, 0.2) is 28.1 Å². The van der Waals surface area contributed by atoms with E-state index in [1.54, 1.807) is 6.92 Å². The number of aromatic nitrogens is 2. The van der Waals surface area contributed by atoms with Crippen LogP contribution in [0.5, 0.6) is 6.01 Å². The van der Waals surface area contributed by atoms with E-state index in [1.165, 1.54) is 6.92 Å². The molecule has 0 saturated heterocycles. The molecule has 0 radical (unpaired) electrons. The van der Waals surface area contributed by atoms with Gasteiger partial charge in [0.05, 0.1) is 30.1 Å². The van der Waals surface area contributed by atoms with Gasteiger partial charge < -0.3 is 14.3 Å². The lowest BCUT2D eigenvalue weighted by atomic mass is 9.95. The van der Waals surface area contributed by atoms with Crippen molar-refractivity contribution in [1.82, 2.24) is 9.55 Å². The van der Waals surface area contributed by atoms with Crippen molar-refractivity contribution in [3.8, 4) is 11.7 Å². The third-order valence-electron chi connectivity index (χ3n) is 4.52. The molecule has 32 heavy (non-hydrogen) atoms. The highest BCUT2D eigenvalue weighted by Crippen LogP contribution is 2.33. The van der Waals surface area contributed by atoms with E-state index in [2.05, 4.69) is 10.1 Å². The zero-order chi connectivity index (χ0) is 23.8. The monoisotopic (exact) mass is 477 g/mol. The zero-order valence-electron chi connectivity index (χ0n) is 16.9. The van der Waals surface area contributed by atoms with E-state index in [-0.39, 0.29) is 35.4 Å². The topological polar surface area (TPSA) is 92.0 Å². The molecule has 1 aliphatic rings. The molecule has 1 aromatic heterocycles. The number of oxime groups is 1. The van der Waals surface area contributed by atoms with Crippen molar-refractivity contribution >= 4 is 23.3 Å². The summed E-state index contributed by atoms with van der Waals surface area (Å²) in [7, 11) is 0.979. The summed E-state index contributed by atoms with van der Waals surface area (Å²) < 4.78 is 63.9. The normalized spacial score (nSPS) is 18.2. The van der Waals surface area contributed by atoms with Gasteiger partial charge in [-0.1, -0.05) is 16.8 Å². The van der Waals surface area contributed by atoms with Crippen LogP contribution in [0.25, 0.3) is 5.69 Å². The molecule has 0 fully saturated rings. The molecule has 2 heterocycles. The zero-order valence-corrected chi connectivity index (χ0v) is 17.7. The number of alkyl halides is 3. The molecule has 0 aliphatic carbocycles. The van der Waals surface area contributed by atoms with E-state index in [0.717, 1.165) is 19.2 Å². The number of esters is 1. The molecule has 1 atom stereocenters. The van der Waals surface area contributed by atoms with Gasteiger partial charge in [0.1, 0.15) is 5.82 Å². The molecule has 0 amide bonds. The maximum atomic E-state index is 14.7. The number of methoxy groups -OCH3 is 1. The van der Waals surface area contributed by atoms with Crippen LogP contribution in [0.2, 0.25) is 5.02 Å². The number of nitrogens with zero attached hydrogens (tertiary/aromatic N) is 3. The average molecular weight is 478 g/mol. The fourth-order valence-electron chi connectivity index (χ4n) is 2.97. The van der Waals surface area contributed by atoms with Gasteiger partial charge in [-0.05, 0) is 26.0 Å². The van der Waals surface area contributed by atoms with Crippen LogP contribution in [0.1, 0.15) is 31.5 Å². The lowest BCUT2D eigenvalue weighted by molar-refractivity contribution is -0.166. The standard InChI is InChI=1S/C19H16ClF4N3O5/c1-4-31-16(29)18(2)8-12(26-32-18)9-5-13(11(21)6-10(9)20)27-15(28)7-14(19(22,23)24)25-17(27)30-3/h5-7H,4,8H2,1-3H3/t18-/m1/s1. The summed E-state index contributed by atoms with van der Waals surface area (Å²) in [6, 6.07) is 1.34. The molecule has 172 valence electrons. The fraction of sp³-hybridized carbons (Fsp3) is 0.368. The van der Waals surface area contributed by atoms with Crippen molar-refractivity contribution < 1.29 is 36.7 Å². The minimum Gasteiger partial charge on any atom is -0.468 e. The van der Waals surface area contributed by atoms with Gasteiger partial charge in [0.2, 0.25) is 5.60 Å². The Bertz CT molecular complexity index is 1160. The Morgan fingerprint density at radius 1 is 1.34 bits per heavy atom. The van der Waals surface area contributed by atoms with Crippen LogP contribution in [-0.4, -0.2) is 40.5 Å². The quantitative estimate of drug-likeness (QED) is 0.483. The van der Waals surface area contributed by atoms with E-state index >= 15 is 0 Å². The van der Waals surface area contributed by atoms with E-state index in [0.29, 0.717) is 4.57 Å². The largest absolute Gasteiger partial charge is 0.468 e. The Morgan fingerprint density at radius 2 is 2.03 bits per heavy atom. The highest BCUT2D eigenvalue weighted by atomic mass is 35.5. The van der Waals surface area contributed by atoms with Crippen molar-refractivity contribution in [3.05, 3.63) is 50.7 Å². The number of carbonyl (C=O) groups excluding carboxylic acids is 1. The fourth-order valence-corrected chi connectivity index (χ4v) is 3.23. The van der Waals surface area contributed by atoms with Crippen molar-refractivity contribution in [1.29, 1.82) is 0 Å². The highest BCUT2D eigenvalue weighted by Gasteiger charge is 2.44. The Kier molecular flexibility index (Phi) is 6.18. The number of rotatable bonds is 5. The summed E-state index contributed by atoms with van der Waals surface area (Å²) in [4.78, 5) is 33.0. The Balaban J connectivity index is 2.10. The van der Waals surface area contributed by atoms with E-state index < -0.39 is 46.5 Å². The SMILES string of the molecule is CCOC(=O)[C@@]1(C)CC(c2cc(-n3c(OC)nc(C(F)(F)F)cc3=O)c(F)cc2Cl)=NO1. The summed E-state index contributed by atoms with van der Waals surface area (Å²) >= 11 is 6.13. The van der Waals surface area contributed by atoms with Crippen molar-refractivity contribution in [2.45, 2.75) is 32.0 Å². The second-order valence-corrected chi connectivity index (χ2v) is 7.25. The molecule has 1 aliphatic heterocycles. The number of halogens is 5. The van der Waals surface area contributed by atoms with Crippen LogP contribution in [0.3, 0.4) is 0 Å². The van der Waals surface area contributed by atoms with Gasteiger partial charge >= 0.3 is 18.2 Å². The molecule has 0 spiro atoms. The first-order chi connectivity index (χ1) is 14.9. The lowest BCUT2D eigenvalue weighted by Gasteiger charge is -2.19. The summed E-state index contributed by atoms with van der Waals surface area (Å²) in [5, 5.41) is 3.69. The van der Waals surface area contributed by atoms with Gasteiger partial charge in [0.15, 0.2) is 5.69 Å². The van der Waals surface area contributed by atoms with Gasteiger partial charge in [0, 0.05) is 18.1 Å². The maximum absolute atomic E-state index is 14.7. The maximum Gasteiger partial charge on any atom is 0.433 e. The molecule has 0 N–H and O–H groups in total. The molecule has 13 heteroatoms. The third kappa shape index (κ3) is 4.27. The molecule has 8 nitrogen and oxygen atoms in total. The summed E-state index contributed by atoms with van der Waals surface area (Å²) in [5.41, 5.74) is -4.45. The summed E-state index contributed by atoms with van der Waals surface area (Å²) in [5.74, 6) is -1.71. The van der Waals surface area contributed by atoms with Crippen LogP contribution in [0, 0.1) is 5.82 Å². The number of carbonyl (C=O) groups is 1. The number of hydrogen-bond acceptors (Lipinski definition) is 7. The van der Waals surface area contributed by atoms with Crippen molar-refractivity contribution in [2.24, 2.45) is 5.16 Å². The predicted octanol–water partition coefficient (Wildman–Crippen LogP) is 3.50. The minimum absolute atomic E-state index is 0.0879. The van der Waals surface area contributed by atoms with Crippen LogP contribution < -0.4 is 10.3 Å². The summed E-state index contributed by atoms with van der Waals surface area (Å²) in [6.45, 7) is 3.16. The second-order valence-electron chi connectivity index (χ2n) is 6.84. The molecule has 0 bridgehead atoms. The Hall–Kier alpha value is -3.15. The number of hydrogen-bond donors (Lipinski definition) is 0. The first-order valence-electron chi connectivity index (χ1n) is 9.08. The van der Waals surface area contributed by atoms with Gasteiger partial charge in [-0.2, -0.15) is 18.2 Å². The van der Waals surface area contributed by atoms with Crippen LogP contribution >= 0.6 is 11.6 Å². The van der Waals surface area contributed by atoms with Crippen molar-refractivity contribution in [3.63, 3.8) is 0 Å². The summed E-state index contributed by atoms with van der Waals surface area (Å²) in [6.07, 6.45) is -5.00. The van der Waals surface area contributed by atoms with Crippen molar-refractivity contribution in [2.75, 3.05) is 13.7 Å². The number of benzene rings is 1. The molecule has 3 rings (SSSR count). The molecule has 0 unspecified atom stereocenters. The van der Waals surface area contributed by atoms with Gasteiger partial charge in [-0.15, -0.1) is 0 Å². The number of ether oxygens (including phenoxy) is 2. The molecular formula is C19H16ClF4N3O5. The minimum atomic E-state index is -4.91. The van der Waals surface area contributed by atoms with Gasteiger partial charge in [-0.25, -0.2) is 13.8 Å². The first kappa shape index (κ1) is 23.5. The second kappa shape index (κ2) is 8.41. The molecule has 1 aromatic carbocycles. The Labute approximate surface area is 183 Å². The lowest BCUT2D eigenvalue weighted by Crippen LogP contribution is -2.37.